The van der Waals surface area contributed by atoms with E-state index in [4.69, 9.17) is 0 Å². The molecule has 192 valence electrons. The first-order valence-electron chi connectivity index (χ1n) is 11.5. The molecule has 1 unspecified atom stereocenters. The maximum atomic E-state index is 13.5. The van der Waals surface area contributed by atoms with Gasteiger partial charge in [-0.05, 0) is 61.6 Å². The molecule has 0 aliphatic heterocycles. The van der Waals surface area contributed by atoms with Crippen molar-refractivity contribution >= 4 is 43.5 Å². The van der Waals surface area contributed by atoms with Gasteiger partial charge in [-0.3, -0.25) is 13.9 Å². The molecule has 35 heavy (non-hydrogen) atoms. The van der Waals surface area contributed by atoms with Crippen molar-refractivity contribution in [3.05, 3.63) is 64.1 Å². The molecule has 0 radical (unpaired) electrons. The van der Waals surface area contributed by atoms with Crippen LogP contribution in [-0.2, 0) is 31.6 Å². The fourth-order valence-electron chi connectivity index (χ4n) is 3.56. The average Bonchev–Trinajstić information content (AvgIpc) is 2.73. The molecule has 2 rings (SSSR count). The summed E-state index contributed by atoms with van der Waals surface area (Å²) in [5, 5.41) is 2.84. The quantitative estimate of drug-likeness (QED) is 0.486. The fourth-order valence-corrected chi connectivity index (χ4v) is 4.86. The van der Waals surface area contributed by atoms with Crippen LogP contribution < -0.4 is 9.62 Å². The molecular weight excluding hydrogens is 530 g/mol. The minimum atomic E-state index is -3.76. The Labute approximate surface area is 218 Å². The van der Waals surface area contributed by atoms with E-state index in [0.29, 0.717) is 5.69 Å². The smallest absolute Gasteiger partial charge is 0.244 e. The second kappa shape index (κ2) is 11.6. The van der Waals surface area contributed by atoms with Crippen LogP contribution in [0.2, 0.25) is 0 Å². The van der Waals surface area contributed by atoms with Crippen LogP contribution >= 0.6 is 15.9 Å². The Kier molecular flexibility index (Phi) is 9.53. The van der Waals surface area contributed by atoms with E-state index >= 15 is 0 Å². The van der Waals surface area contributed by atoms with Crippen LogP contribution in [0.5, 0.6) is 0 Å². The van der Waals surface area contributed by atoms with Crippen molar-refractivity contribution in [1.82, 2.24) is 10.2 Å². The number of sulfonamides is 1. The van der Waals surface area contributed by atoms with Gasteiger partial charge in [0.15, 0.2) is 0 Å². The second-order valence-corrected chi connectivity index (χ2v) is 12.9. The maximum Gasteiger partial charge on any atom is 0.244 e. The Balaban J connectivity index is 2.40. The summed E-state index contributed by atoms with van der Waals surface area (Å²) >= 11 is 3.43. The molecular formula is C26H36BrN3O4S. The summed E-state index contributed by atoms with van der Waals surface area (Å²) in [5.41, 5.74) is 2.17. The Morgan fingerprint density at radius 3 is 2.11 bits per heavy atom. The minimum absolute atomic E-state index is 0.0930. The number of hydrogen-bond acceptors (Lipinski definition) is 4. The third-order valence-corrected chi connectivity index (χ3v) is 7.17. The summed E-state index contributed by atoms with van der Waals surface area (Å²) in [5.74, 6) is -0.773. The van der Waals surface area contributed by atoms with Gasteiger partial charge in [0.2, 0.25) is 21.8 Å². The van der Waals surface area contributed by atoms with E-state index in [1.807, 2.05) is 50.2 Å². The lowest BCUT2D eigenvalue weighted by Crippen LogP contribution is -2.52. The van der Waals surface area contributed by atoms with E-state index in [9.17, 15) is 18.0 Å². The maximum absolute atomic E-state index is 13.5. The summed E-state index contributed by atoms with van der Waals surface area (Å²) in [4.78, 5) is 27.8. The summed E-state index contributed by atoms with van der Waals surface area (Å²) in [7, 11) is -3.76. The molecule has 1 N–H and O–H groups in total. The number of amides is 2. The topological polar surface area (TPSA) is 86.8 Å². The summed E-state index contributed by atoms with van der Waals surface area (Å²) in [6.07, 6.45) is 1.07. The van der Waals surface area contributed by atoms with Gasteiger partial charge in [-0.25, -0.2) is 8.42 Å². The fraction of sp³-hybridized carbons (Fsp3) is 0.462. The molecule has 0 saturated carbocycles. The number of halogens is 1. The molecule has 0 heterocycles. The number of carbonyl (C=O) groups is 2. The van der Waals surface area contributed by atoms with E-state index in [0.717, 1.165) is 26.2 Å². The zero-order valence-electron chi connectivity index (χ0n) is 21.5. The second-order valence-electron chi connectivity index (χ2n) is 10.1. The monoisotopic (exact) mass is 565 g/mol. The standard InChI is InChI=1S/C26H36BrN3O4S/c1-18(2)28-25(32)19(3)29(16-20-9-8-10-22(27)15-20)24(31)17-30(35(7,33)34)23-13-11-21(12-14-23)26(4,5)6/h8-15,18-19H,16-17H2,1-7H3,(H,28,32). The molecule has 9 heteroatoms. The first-order chi connectivity index (χ1) is 16.1. The van der Waals surface area contributed by atoms with E-state index in [2.05, 4.69) is 42.0 Å². The van der Waals surface area contributed by atoms with Gasteiger partial charge >= 0.3 is 0 Å². The van der Waals surface area contributed by atoms with Crippen LogP contribution in [0.4, 0.5) is 5.69 Å². The Morgan fingerprint density at radius 2 is 1.63 bits per heavy atom. The Hall–Kier alpha value is -2.39. The van der Waals surface area contributed by atoms with E-state index in [1.54, 1.807) is 19.1 Å². The van der Waals surface area contributed by atoms with Crippen LogP contribution in [0.15, 0.2) is 53.0 Å². The third kappa shape index (κ3) is 8.35. The molecule has 0 spiro atoms. The van der Waals surface area contributed by atoms with Crippen LogP contribution in [0.3, 0.4) is 0 Å². The first kappa shape index (κ1) is 28.8. The van der Waals surface area contributed by atoms with Crippen molar-refractivity contribution < 1.29 is 18.0 Å². The van der Waals surface area contributed by atoms with Gasteiger partial charge < -0.3 is 10.2 Å². The molecule has 2 aromatic rings. The van der Waals surface area contributed by atoms with Gasteiger partial charge in [-0.1, -0.05) is 61.0 Å². The SMILES string of the molecule is CC(C)NC(=O)C(C)N(Cc1cccc(Br)c1)C(=O)CN(c1ccc(C(C)(C)C)cc1)S(C)(=O)=O. The summed E-state index contributed by atoms with van der Waals surface area (Å²) in [6.45, 7) is 11.3. The van der Waals surface area contributed by atoms with Crippen molar-refractivity contribution in [3.8, 4) is 0 Å². The van der Waals surface area contributed by atoms with Gasteiger partial charge in [0, 0.05) is 17.1 Å². The van der Waals surface area contributed by atoms with Crippen molar-refractivity contribution in [2.45, 2.75) is 65.6 Å². The predicted molar refractivity (Wildman–Crippen MR) is 145 cm³/mol. The number of anilines is 1. The molecule has 0 aliphatic carbocycles. The normalized spacial score (nSPS) is 12.8. The zero-order valence-corrected chi connectivity index (χ0v) is 23.9. The largest absolute Gasteiger partial charge is 0.352 e. The van der Waals surface area contributed by atoms with Gasteiger partial charge in [-0.15, -0.1) is 0 Å². The molecule has 2 amide bonds. The molecule has 7 nitrogen and oxygen atoms in total. The Bertz CT molecular complexity index is 1140. The highest BCUT2D eigenvalue weighted by Gasteiger charge is 2.30. The van der Waals surface area contributed by atoms with Crippen molar-refractivity contribution in [3.63, 3.8) is 0 Å². The van der Waals surface area contributed by atoms with Crippen LogP contribution in [0, 0.1) is 0 Å². The molecule has 1 atom stereocenters. The van der Waals surface area contributed by atoms with E-state index in [1.165, 1.54) is 4.90 Å². The predicted octanol–water partition coefficient (Wildman–Crippen LogP) is 4.45. The molecule has 0 aliphatic rings. The van der Waals surface area contributed by atoms with Crippen molar-refractivity contribution in [1.29, 1.82) is 0 Å². The lowest BCUT2D eigenvalue weighted by Gasteiger charge is -2.32. The zero-order chi connectivity index (χ0) is 26.6. The number of nitrogens with zero attached hydrogens (tertiary/aromatic N) is 2. The lowest BCUT2D eigenvalue weighted by atomic mass is 9.87. The van der Waals surface area contributed by atoms with Gasteiger partial charge in [0.25, 0.3) is 0 Å². The first-order valence-corrected chi connectivity index (χ1v) is 14.2. The number of carbonyl (C=O) groups excluding carboxylic acids is 2. The van der Waals surface area contributed by atoms with Crippen molar-refractivity contribution in [2.75, 3.05) is 17.1 Å². The molecule has 0 fully saturated rings. The molecule has 0 bridgehead atoms. The average molecular weight is 567 g/mol. The third-order valence-electron chi connectivity index (χ3n) is 5.54. The van der Waals surface area contributed by atoms with Crippen LogP contribution in [0.25, 0.3) is 0 Å². The minimum Gasteiger partial charge on any atom is -0.352 e. The van der Waals surface area contributed by atoms with Gasteiger partial charge in [0.1, 0.15) is 12.6 Å². The number of nitrogens with one attached hydrogen (secondary N) is 1. The highest BCUT2D eigenvalue weighted by atomic mass is 79.9. The Morgan fingerprint density at radius 1 is 1.03 bits per heavy atom. The van der Waals surface area contributed by atoms with Gasteiger partial charge in [0.05, 0.1) is 11.9 Å². The van der Waals surface area contributed by atoms with Crippen molar-refractivity contribution in [2.24, 2.45) is 0 Å². The van der Waals surface area contributed by atoms with E-state index in [-0.39, 0.29) is 23.9 Å². The summed E-state index contributed by atoms with van der Waals surface area (Å²) in [6, 6.07) is 13.7. The molecule has 2 aromatic carbocycles. The van der Waals surface area contributed by atoms with E-state index < -0.39 is 28.5 Å². The highest BCUT2D eigenvalue weighted by Crippen LogP contribution is 2.26. The highest BCUT2D eigenvalue weighted by molar-refractivity contribution is 9.10. The summed E-state index contributed by atoms with van der Waals surface area (Å²) < 4.78 is 27.3. The van der Waals surface area contributed by atoms with Crippen LogP contribution in [-0.4, -0.2) is 50.0 Å². The molecule has 0 saturated heterocycles. The number of hydrogen-bond donors (Lipinski definition) is 1. The molecule has 0 aromatic heterocycles. The van der Waals surface area contributed by atoms with Crippen LogP contribution in [0.1, 0.15) is 52.7 Å². The number of rotatable bonds is 9. The number of benzene rings is 2. The van der Waals surface area contributed by atoms with Gasteiger partial charge in [-0.2, -0.15) is 0 Å². The lowest BCUT2D eigenvalue weighted by molar-refractivity contribution is -0.139.